The van der Waals surface area contributed by atoms with Crippen LogP contribution in [0, 0.1) is 17.5 Å². The summed E-state index contributed by atoms with van der Waals surface area (Å²) >= 11 is 5.19. The smallest absolute Gasteiger partial charge is 0.256 e. The van der Waals surface area contributed by atoms with Gasteiger partial charge in [0, 0.05) is 26.1 Å². The minimum atomic E-state index is -0.492. The fourth-order valence-electron chi connectivity index (χ4n) is 3.88. The van der Waals surface area contributed by atoms with Crippen molar-refractivity contribution in [3.8, 4) is 11.1 Å². The number of aryl methyl sites for hydroxylation is 1. The molecule has 150 valence electrons. The van der Waals surface area contributed by atoms with Gasteiger partial charge in [-0.25, -0.2) is 4.39 Å². The van der Waals surface area contributed by atoms with Crippen molar-refractivity contribution in [1.82, 2.24) is 19.7 Å². The first-order valence-electron chi connectivity index (χ1n) is 9.71. The van der Waals surface area contributed by atoms with Crippen LogP contribution < -0.4 is 0 Å². The summed E-state index contributed by atoms with van der Waals surface area (Å²) in [6, 6.07) is 12.7. The number of aromatic nitrogens is 3. The van der Waals surface area contributed by atoms with Gasteiger partial charge in [-0.1, -0.05) is 35.9 Å². The van der Waals surface area contributed by atoms with Crippen LogP contribution in [0.1, 0.15) is 40.5 Å². The van der Waals surface area contributed by atoms with Crippen LogP contribution >= 0.6 is 12.2 Å². The third-order valence-electron chi connectivity index (χ3n) is 5.57. The first-order valence-corrected chi connectivity index (χ1v) is 10.1. The summed E-state index contributed by atoms with van der Waals surface area (Å²) in [7, 11) is 1.87. The van der Waals surface area contributed by atoms with E-state index in [0.29, 0.717) is 17.9 Å². The van der Waals surface area contributed by atoms with E-state index in [0.717, 1.165) is 35.4 Å². The zero-order chi connectivity index (χ0) is 20.5. The largest absolute Gasteiger partial charge is 0.338 e. The number of nitrogens with zero attached hydrogens (tertiary/aromatic N) is 3. The van der Waals surface area contributed by atoms with E-state index < -0.39 is 5.82 Å². The van der Waals surface area contributed by atoms with E-state index in [-0.39, 0.29) is 17.4 Å². The topological polar surface area (TPSA) is 53.9 Å². The molecule has 1 N–H and O–H groups in total. The molecule has 0 aliphatic carbocycles. The highest BCUT2D eigenvalue weighted by Gasteiger charge is 2.29. The molecule has 1 unspecified atom stereocenters. The zero-order valence-electron chi connectivity index (χ0n) is 16.5. The Hall–Kier alpha value is -2.80. The van der Waals surface area contributed by atoms with Crippen LogP contribution in [0.15, 0.2) is 42.5 Å². The number of halogens is 1. The van der Waals surface area contributed by atoms with Crippen LogP contribution in [0.5, 0.6) is 0 Å². The number of carbonyl (C=O) groups is 1. The number of benzene rings is 2. The number of hydrogen-bond donors (Lipinski definition) is 1. The molecule has 29 heavy (non-hydrogen) atoms. The van der Waals surface area contributed by atoms with Gasteiger partial charge in [0.2, 0.25) is 0 Å². The maximum atomic E-state index is 14.8. The minimum absolute atomic E-state index is 0.0838. The Balaban J connectivity index is 1.55. The number of H-pyrrole nitrogens is 1. The SMILES string of the molecule is Cc1ccc(-c2ccc(C(=O)N3CCCC(c4n[nH]c(=S)n4C)C3)c(F)c2)cc1. The average Bonchev–Trinajstić information content (AvgIpc) is 3.06. The molecule has 2 heterocycles. The molecule has 0 bridgehead atoms. The lowest BCUT2D eigenvalue weighted by Crippen LogP contribution is -2.40. The normalized spacial score (nSPS) is 16.8. The van der Waals surface area contributed by atoms with E-state index in [1.54, 1.807) is 17.0 Å². The van der Waals surface area contributed by atoms with Crippen LogP contribution in [0.4, 0.5) is 4.39 Å². The molecule has 5 nitrogen and oxygen atoms in total. The van der Waals surface area contributed by atoms with Crippen LogP contribution in [0.2, 0.25) is 0 Å². The Morgan fingerprint density at radius 3 is 2.59 bits per heavy atom. The summed E-state index contributed by atoms with van der Waals surface area (Å²) in [5, 5.41) is 7.10. The van der Waals surface area contributed by atoms with Crippen molar-refractivity contribution in [1.29, 1.82) is 0 Å². The van der Waals surface area contributed by atoms with Crippen molar-refractivity contribution in [2.24, 2.45) is 7.05 Å². The molecule has 0 radical (unpaired) electrons. The second-order valence-corrected chi connectivity index (χ2v) is 7.98. The fraction of sp³-hybridized carbons (Fsp3) is 0.318. The average molecular weight is 411 g/mol. The van der Waals surface area contributed by atoms with Crippen LogP contribution in [0.25, 0.3) is 11.1 Å². The molecule has 0 spiro atoms. The number of rotatable bonds is 3. The van der Waals surface area contributed by atoms with Gasteiger partial charge in [0.25, 0.3) is 5.91 Å². The maximum absolute atomic E-state index is 14.8. The number of hydrogen-bond acceptors (Lipinski definition) is 3. The number of nitrogens with one attached hydrogen (secondary N) is 1. The molecular formula is C22H23FN4OS. The number of piperidine rings is 1. The van der Waals surface area contributed by atoms with Gasteiger partial charge in [0.05, 0.1) is 5.56 Å². The van der Waals surface area contributed by atoms with Gasteiger partial charge in [0.1, 0.15) is 11.6 Å². The standard InChI is InChI=1S/C22H23FN4OS/c1-14-5-7-15(8-6-14)16-9-10-18(19(23)12-16)21(28)27-11-3-4-17(13-27)20-24-25-22(29)26(20)2/h5-10,12,17H,3-4,11,13H2,1-2H3,(H,25,29). The Morgan fingerprint density at radius 1 is 1.21 bits per heavy atom. The van der Waals surface area contributed by atoms with Crippen LogP contribution in [0.3, 0.4) is 0 Å². The molecule has 1 saturated heterocycles. The number of carbonyl (C=O) groups excluding carboxylic acids is 1. The molecule has 1 amide bonds. The fourth-order valence-corrected chi connectivity index (χ4v) is 4.02. The van der Waals surface area contributed by atoms with Gasteiger partial charge in [0.15, 0.2) is 4.77 Å². The van der Waals surface area contributed by atoms with Gasteiger partial charge in [-0.05, 0) is 55.2 Å². The Bertz CT molecular complexity index is 1100. The summed E-state index contributed by atoms with van der Waals surface area (Å²) in [5.41, 5.74) is 2.94. The van der Waals surface area contributed by atoms with Gasteiger partial charge < -0.3 is 9.47 Å². The lowest BCUT2D eigenvalue weighted by molar-refractivity contribution is 0.0698. The summed E-state index contributed by atoms with van der Waals surface area (Å²) in [4.78, 5) is 14.7. The van der Waals surface area contributed by atoms with E-state index in [2.05, 4.69) is 10.2 Å². The molecular weight excluding hydrogens is 387 g/mol. The quantitative estimate of drug-likeness (QED) is 0.642. The van der Waals surface area contributed by atoms with E-state index in [1.807, 2.05) is 42.8 Å². The Morgan fingerprint density at radius 2 is 1.93 bits per heavy atom. The van der Waals surface area contributed by atoms with Crippen molar-refractivity contribution >= 4 is 18.1 Å². The zero-order valence-corrected chi connectivity index (χ0v) is 17.3. The molecule has 0 saturated carbocycles. The maximum Gasteiger partial charge on any atom is 0.256 e. The van der Waals surface area contributed by atoms with Gasteiger partial charge >= 0.3 is 0 Å². The molecule has 1 aliphatic heterocycles. The summed E-state index contributed by atoms with van der Waals surface area (Å²) in [6.45, 7) is 3.13. The summed E-state index contributed by atoms with van der Waals surface area (Å²) in [6.07, 6.45) is 1.77. The van der Waals surface area contributed by atoms with E-state index in [9.17, 15) is 9.18 Å². The van der Waals surface area contributed by atoms with Gasteiger partial charge in [-0.3, -0.25) is 9.89 Å². The second kappa shape index (κ2) is 7.91. The minimum Gasteiger partial charge on any atom is -0.338 e. The van der Waals surface area contributed by atoms with E-state index >= 15 is 0 Å². The van der Waals surface area contributed by atoms with Gasteiger partial charge in [-0.15, -0.1) is 0 Å². The van der Waals surface area contributed by atoms with Crippen molar-refractivity contribution in [3.63, 3.8) is 0 Å². The van der Waals surface area contributed by atoms with E-state index in [4.69, 9.17) is 12.2 Å². The summed E-state index contributed by atoms with van der Waals surface area (Å²) in [5.74, 6) is 0.149. The molecule has 1 atom stereocenters. The van der Waals surface area contributed by atoms with Crippen LogP contribution in [-0.2, 0) is 7.05 Å². The third-order valence-corrected chi connectivity index (χ3v) is 5.94. The number of amides is 1. The molecule has 7 heteroatoms. The molecule has 1 aromatic heterocycles. The Kier molecular flexibility index (Phi) is 5.32. The molecule has 2 aromatic carbocycles. The highest BCUT2D eigenvalue weighted by molar-refractivity contribution is 7.71. The first-order chi connectivity index (χ1) is 13.9. The molecule has 4 rings (SSSR count). The van der Waals surface area contributed by atoms with Crippen LogP contribution in [-0.4, -0.2) is 38.7 Å². The second-order valence-electron chi connectivity index (χ2n) is 7.60. The first kappa shape index (κ1) is 19.5. The lowest BCUT2D eigenvalue weighted by atomic mass is 9.96. The molecule has 1 aliphatic rings. The predicted molar refractivity (Wildman–Crippen MR) is 113 cm³/mol. The number of likely N-dealkylation sites (tertiary alicyclic amines) is 1. The predicted octanol–water partition coefficient (Wildman–Crippen LogP) is 4.61. The van der Waals surface area contributed by atoms with Crippen molar-refractivity contribution < 1.29 is 9.18 Å². The summed E-state index contributed by atoms with van der Waals surface area (Å²) < 4.78 is 17.2. The highest BCUT2D eigenvalue weighted by atomic mass is 32.1. The van der Waals surface area contributed by atoms with Crippen molar-refractivity contribution in [3.05, 3.63) is 70.0 Å². The Labute approximate surface area is 174 Å². The van der Waals surface area contributed by atoms with Crippen molar-refractivity contribution in [2.75, 3.05) is 13.1 Å². The van der Waals surface area contributed by atoms with Gasteiger partial charge in [-0.2, -0.15) is 5.10 Å². The molecule has 1 fully saturated rings. The lowest BCUT2D eigenvalue weighted by Gasteiger charge is -2.32. The van der Waals surface area contributed by atoms with Crippen molar-refractivity contribution in [2.45, 2.75) is 25.7 Å². The monoisotopic (exact) mass is 410 g/mol. The highest BCUT2D eigenvalue weighted by Crippen LogP contribution is 2.28. The number of aromatic amines is 1. The third kappa shape index (κ3) is 3.87. The molecule has 3 aromatic rings. The van der Waals surface area contributed by atoms with E-state index in [1.165, 1.54) is 6.07 Å².